The van der Waals surface area contributed by atoms with Crippen molar-refractivity contribution in [2.75, 3.05) is 0 Å². The molecular weight excluding hydrogens is 405 g/mol. The molecule has 152 valence electrons. The highest BCUT2D eigenvalue weighted by Gasteiger charge is 2.42. The van der Waals surface area contributed by atoms with Crippen LogP contribution < -0.4 is 0 Å². The van der Waals surface area contributed by atoms with Crippen LogP contribution in [0.15, 0.2) is 72.8 Å². The first-order valence-corrected chi connectivity index (χ1v) is 9.99. The summed E-state index contributed by atoms with van der Waals surface area (Å²) in [5.41, 5.74) is 2.81. The fourth-order valence-corrected chi connectivity index (χ4v) is 4.25. The first kappa shape index (κ1) is 20.1. The Balaban J connectivity index is 1.65. The molecule has 30 heavy (non-hydrogen) atoms. The van der Waals surface area contributed by atoms with Gasteiger partial charge in [0, 0.05) is 10.6 Å². The summed E-state index contributed by atoms with van der Waals surface area (Å²) >= 11 is 6.34. The lowest BCUT2D eigenvalue weighted by molar-refractivity contribution is -0.141. The Morgan fingerprint density at radius 1 is 0.900 bits per heavy atom. The summed E-state index contributed by atoms with van der Waals surface area (Å²) in [5.74, 6) is -1.69. The van der Waals surface area contributed by atoms with E-state index in [2.05, 4.69) is 0 Å². The van der Waals surface area contributed by atoms with Crippen molar-refractivity contribution in [2.45, 2.75) is 24.9 Å². The van der Waals surface area contributed by atoms with E-state index in [1.165, 1.54) is 17.0 Å². The van der Waals surface area contributed by atoms with E-state index in [1.807, 2.05) is 12.1 Å². The Morgan fingerprint density at radius 3 is 2.10 bits per heavy atom. The monoisotopic (exact) mass is 423 g/mol. The average molecular weight is 424 g/mol. The van der Waals surface area contributed by atoms with E-state index in [0.29, 0.717) is 23.4 Å². The molecule has 3 aromatic carbocycles. The zero-order chi connectivity index (χ0) is 21.3. The van der Waals surface area contributed by atoms with E-state index in [0.717, 1.165) is 16.7 Å². The second kappa shape index (κ2) is 8.28. The SMILES string of the molecule is O=C(O)[C@@H]1CCC(c2ccccc2Cl)N1C(=O)c1ccc(-c2ccc(F)cc2)cc1. The van der Waals surface area contributed by atoms with Crippen molar-refractivity contribution in [3.8, 4) is 11.1 Å². The number of carbonyl (C=O) groups excluding carboxylic acids is 1. The van der Waals surface area contributed by atoms with Gasteiger partial charge in [0.1, 0.15) is 11.9 Å². The molecule has 4 nitrogen and oxygen atoms in total. The predicted octanol–water partition coefficient (Wildman–Crippen LogP) is 5.58. The predicted molar refractivity (Wildman–Crippen MR) is 113 cm³/mol. The number of benzene rings is 3. The van der Waals surface area contributed by atoms with Gasteiger partial charge >= 0.3 is 5.97 Å². The van der Waals surface area contributed by atoms with Crippen molar-refractivity contribution < 1.29 is 19.1 Å². The highest BCUT2D eigenvalue weighted by molar-refractivity contribution is 6.31. The molecule has 6 heteroatoms. The van der Waals surface area contributed by atoms with Gasteiger partial charge in [0.15, 0.2) is 0 Å². The number of halogens is 2. The van der Waals surface area contributed by atoms with Crippen molar-refractivity contribution in [1.29, 1.82) is 0 Å². The van der Waals surface area contributed by atoms with Gasteiger partial charge in [0.05, 0.1) is 6.04 Å². The van der Waals surface area contributed by atoms with Gasteiger partial charge in [-0.3, -0.25) is 4.79 Å². The number of carboxylic acid groups (broad SMARTS) is 1. The lowest BCUT2D eigenvalue weighted by Crippen LogP contribution is -2.41. The van der Waals surface area contributed by atoms with Gasteiger partial charge in [0.25, 0.3) is 5.91 Å². The zero-order valence-corrected chi connectivity index (χ0v) is 16.7. The number of hydrogen-bond acceptors (Lipinski definition) is 2. The molecule has 1 aliphatic rings. The molecule has 0 spiro atoms. The summed E-state index contributed by atoms with van der Waals surface area (Å²) in [4.78, 5) is 26.6. The molecule has 0 radical (unpaired) electrons. The van der Waals surface area contributed by atoms with Gasteiger partial charge in [-0.15, -0.1) is 0 Å². The van der Waals surface area contributed by atoms with E-state index in [9.17, 15) is 19.1 Å². The fourth-order valence-electron chi connectivity index (χ4n) is 3.98. The van der Waals surface area contributed by atoms with Crippen LogP contribution in [0.1, 0.15) is 34.8 Å². The van der Waals surface area contributed by atoms with E-state index < -0.39 is 18.1 Å². The van der Waals surface area contributed by atoms with Crippen molar-refractivity contribution in [1.82, 2.24) is 4.90 Å². The van der Waals surface area contributed by atoms with Crippen LogP contribution in [0.5, 0.6) is 0 Å². The number of carboxylic acids is 1. The lowest BCUT2D eigenvalue weighted by Gasteiger charge is -2.29. The second-order valence-electron chi connectivity index (χ2n) is 7.27. The molecule has 1 fully saturated rings. The lowest BCUT2D eigenvalue weighted by atomic mass is 10.0. The van der Waals surface area contributed by atoms with Crippen molar-refractivity contribution in [3.05, 3.63) is 94.8 Å². The van der Waals surface area contributed by atoms with Crippen LogP contribution in [0, 0.1) is 5.82 Å². The Morgan fingerprint density at radius 2 is 1.50 bits per heavy atom. The number of hydrogen-bond donors (Lipinski definition) is 1. The Bertz CT molecular complexity index is 1080. The first-order valence-electron chi connectivity index (χ1n) is 9.61. The minimum atomic E-state index is -1.03. The third kappa shape index (κ3) is 3.81. The van der Waals surface area contributed by atoms with Crippen LogP contribution >= 0.6 is 11.6 Å². The summed E-state index contributed by atoms with van der Waals surface area (Å²) in [5, 5.41) is 10.2. The third-order valence-electron chi connectivity index (χ3n) is 5.48. The number of carbonyl (C=O) groups is 2. The van der Waals surface area contributed by atoms with E-state index in [1.54, 1.807) is 48.5 Å². The topological polar surface area (TPSA) is 57.6 Å². The molecule has 1 unspecified atom stereocenters. The summed E-state index contributed by atoms with van der Waals surface area (Å²) in [6, 6.07) is 18.9. The highest BCUT2D eigenvalue weighted by Crippen LogP contribution is 2.40. The number of aliphatic carboxylic acids is 1. The molecule has 4 rings (SSSR count). The maximum atomic E-state index is 13.3. The largest absolute Gasteiger partial charge is 0.480 e. The third-order valence-corrected chi connectivity index (χ3v) is 5.82. The maximum Gasteiger partial charge on any atom is 0.326 e. The number of likely N-dealkylation sites (tertiary alicyclic amines) is 1. The van der Waals surface area contributed by atoms with Crippen LogP contribution in [0.2, 0.25) is 5.02 Å². The standard InChI is InChI=1S/C24H19ClFNO3/c25-20-4-2-1-3-19(20)21-13-14-22(24(29)30)27(21)23(28)17-7-5-15(6-8-17)16-9-11-18(26)12-10-16/h1-12,21-22H,13-14H2,(H,29,30)/t21?,22-/m0/s1. The van der Waals surface area contributed by atoms with Gasteiger partial charge < -0.3 is 10.0 Å². The van der Waals surface area contributed by atoms with E-state index >= 15 is 0 Å². The molecule has 1 heterocycles. The zero-order valence-electron chi connectivity index (χ0n) is 16.0. The number of nitrogens with zero attached hydrogens (tertiary/aromatic N) is 1. The minimum Gasteiger partial charge on any atom is -0.480 e. The highest BCUT2D eigenvalue weighted by atomic mass is 35.5. The van der Waals surface area contributed by atoms with E-state index in [-0.39, 0.29) is 11.7 Å². The van der Waals surface area contributed by atoms with Crippen molar-refractivity contribution in [2.24, 2.45) is 0 Å². The Hall–Kier alpha value is -3.18. The van der Waals surface area contributed by atoms with Gasteiger partial charge in [0.2, 0.25) is 0 Å². The summed E-state index contributed by atoms with van der Waals surface area (Å²) < 4.78 is 13.1. The van der Waals surface area contributed by atoms with Gasteiger partial charge in [-0.25, -0.2) is 9.18 Å². The van der Waals surface area contributed by atoms with Crippen LogP contribution in [-0.4, -0.2) is 27.9 Å². The molecule has 0 aromatic heterocycles. The van der Waals surface area contributed by atoms with Crippen LogP contribution in [0.4, 0.5) is 4.39 Å². The average Bonchev–Trinajstić information content (AvgIpc) is 3.19. The van der Waals surface area contributed by atoms with Crippen molar-refractivity contribution >= 4 is 23.5 Å². The molecule has 3 aromatic rings. The Kier molecular flexibility index (Phi) is 5.55. The number of amides is 1. The van der Waals surface area contributed by atoms with Crippen LogP contribution in [0.25, 0.3) is 11.1 Å². The smallest absolute Gasteiger partial charge is 0.326 e. The summed E-state index contributed by atoms with van der Waals surface area (Å²) in [6.07, 6.45) is 0.894. The molecule has 2 atom stereocenters. The number of rotatable bonds is 4. The molecule has 1 aliphatic heterocycles. The molecule has 1 N–H and O–H groups in total. The van der Waals surface area contributed by atoms with Crippen LogP contribution in [0.3, 0.4) is 0 Å². The minimum absolute atomic E-state index is 0.315. The first-order chi connectivity index (χ1) is 14.5. The summed E-state index contributed by atoms with van der Waals surface area (Å²) in [6.45, 7) is 0. The second-order valence-corrected chi connectivity index (χ2v) is 7.67. The molecule has 0 aliphatic carbocycles. The maximum absolute atomic E-state index is 13.3. The van der Waals surface area contributed by atoms with Gasteiger partial charge in [-0.05, 0) is 59.9 Å². The van der Waals surface area contributed by atoms with E-state index in [4.69, 9.17) is 11.6 Å². The van der Waals surface area contributed by atoms with Crippen molar-refractivity contribution in [3.63, 3.8) is 0 Å². The molecule has 0 saturated carbocycles. The van der Waals surface area contributed by atoms with Gasteiger partial charge in [-0.1, -0.05) is 54.1 Å². The molecule has 1 saturated heterocycles. The van der Waals surface area contributed by atoms with Crippen LogP contribution in [-0.2, 0) is 4.79 Å². The molecule has 1 amide bonds. The Labute approximate surface area is 178 Å². The molecular formula is C24H19ClFNO3. The van der Waals surface area contributed by atoms with Gasteiger partial charge in [-0.2, -0.15) is 0 Å². The fraction of sp³-hybridized carbons (Fsp3) is 0.167. The summed E-state index contributed by atoms with van der Waals surface area (Å²) in [7, 11) is 0. The quantitative estimate of drug-likeness (QED) is 0.596. The molecule has 0 bridgehead atoms. The normalized spacial score (nSPS) is 18.4.